The summed E-state index contributed by atoms with van der Waals surface area (Å²) in [6.07, 6.45) is 8.03. The fourth-order valence-corrected chi connectivity index (χ4v) is 5.30. The van der Waals surface area contributed by atoms with Gasteiger partial charge < -0.3 is 14.7 Å². The normalized spacial score (nSPS) is 20.1. The minimum Gasteiger partial charge on any atom is -0.489 e. The summed E-state index contributed by atoms with van der Waals surface area (Å²) in [7, 11) is 0. The number of aliphatic hydroxyl groups excluding tert-OH is 1. The van der Waals surface area contributed by atoms with E-state index in [1.807, 2.05) is 30.3 Å². The van der Waals surface area contributed by atoms with E-state index in [0.29, 0.717) is 6.61 Å². The molecule has 0 aromatic heterocycles. The first-order valence-corrected chi connectivity index (χ1v) is 12.5. The van der Waals surface area contributed by atoms with Crippen LogP contribution >= 0.6 is 0 Å². The van der Waals surface area contributed by atoms with Gasteiger partial charge in [-0.1, -0.05) is 84.9 Å². The number of aliphatic hydroxyl groups is 1. The van der Waals surface area contributed by atoms with Crippen molar-refractivity contribution < 1.29 is 9.84 Å². The van der Waals surface area contributed by atoms with Crippen molar-refractivity contribution in [1.29, 1.82) is 0 Å². The van der Waals surface area contributed by atoms with Gasteiger partial charge in [-0.05, 0) is 62.0 Å². The van der Waals surface area contributed by atoms with Gasteiger partial charge in [-0.15, -0.1) is 0 Å². The third kappa shape index (κ3) is 5.03. The van der Waals surface area contributed by atoms with E-state index < -0.39 is 6.23 Å². The Bertz CT molecular complexity index is 1060. The second-order valence-corrected chi connectivity index (χ2v) is 9.23. The summed E-state index contributed by atoms with van der Waals surface area (Å²) in [5.41, 5.74) is 3.35. The van der Waals surface area contributed by atoms with Crippen molar-refractivity contribution in [3.05, 3.63) is 102 Å². The van der Waals surface area contributed by atoms with Gasteiger partial charge in [0.1, 0.15) is 18.6 Å². The summed E-state index contributed by atoms with van der Waals surface area (Å²) in [6, 6.07) is 29.0. The monoisotopic (exact) mass is 454 g/mol. The zero-order valence-corrected chi connectivity index (χ0v) is 19.7. The fraction of sp³-hybridized carbons (Fsp3) is 0.333. The molecule has 2 heterocycles. The molecule has 5 rings (SSSR count). The molecule has 0 radical (unpaired) electrons. The first-order valence-electron chi connectivity index (χ1n) is 12.5. The van der Waals surface area contributed by atoms with Crippen molar-refractivity contribution in [3.8, 4) is 5.75 Å². The highest BCUT2D eigenvalue weighted by Crippen LogP contribution is 2.41. The van der Waals surface area contributed by atoms with Crippen LogP contribution < -0.4 is 9.64 Å². The molecule has 4 heteroatoms. The Morgan fingerprint density at radius 3 is 2.32 bits per heavy atom. The Hall–Kier alpha value is -3.08. The van der Waals surface area contributed by atoms with Crippen LogP contribution in [0, 0.1) is 0 Å². The van der Waals surface area contributed by atoms with Crippen LogP contribution in [0.25, 0.3) is 6.08 Å². The molecule has 0 spiro atoms. The Labute approximate surface area is 203 Å². The third-order valence-corrected chi connectivity index (χ3v) is 7.04. The summed E-state index contributed by atoms with van der Waals surface area (Å²) < 4.78 is 6.15. The summed E-state index contributed by atoms with van der Waals surface area (Å²) in [5, 5.41) is 12.0. The van der Waals surface area contributed by atoms with E-state index in [-0.39, 0.29) is 12.1 Å². The van der Waals surface area contributed by atoms with E-state index in [1.165, 1.54) is 24.0 Å². The second kappa shape index (κ2) is 10.9. The number of fused-ring (bicyclic) bond motifs is 1. The Morgan fingerprint density at radius 1 is 0.882 bits per heavy atom. The van der Waals surface area contributed by atoms with Crippen molar-refractivity contribution in [2.75, 3.05) is 24.6 Å². The maximum absolute atomic E-state index is 12.0. The van der Waals surface area contributed by atoms with Gasteiger partial charge in [0.25, 0.3) is 0 Å². The lowest BCUT2D eigenvalue weighted by molar-refractivity contribution is 0.0407. The molecular formula is C30H34N2O2. The molecule has 4 nitrogen and oxygen atoms in total. The van der Waals surface area contributed by atoms with Crippen LogP contribution in [-0.2, 0) is 0 Å². The summed E-state index contributed by atoms with van der Waals surface area (Å²) in [4.78, 5) is 4.69. The average Bonchev–Trinajstić information content (AvgIpc) is 3.43. The van der Waals surface area contributed by atoms with Crippen molar-refractivity contribution in [1.82, 2.24) is 4.90 Å². The van der Waals surface area contributed by atoms with Crippen molar-refractivity contribution in [2.24, 2.45) is 0 Å². The van der Waals surface area contributed by atoms with E-state index in [0.717, 1.165) is 37.4 Å². The fourth-order valence-electron chi connectivity index (χ4n) is 5.30. The number of benzene rings is 3. The largest absolute Gasteiger partial charge is 0.489 e. The summed E-state index contributed by atoms with van der Waals surface area (Å²) in [6.45, 7) is 2.62. The number of allylic oxidation sites excluding steroid dienone is 1. The van der Waals surface area contributed by atoms with Gasteiger partial charge in [0.15, 0.2) is 0 Å². The molecule has 1 fully saturated rings. The van der Waals surface area contributed by atoms with Crippen molar-refractivity contribution in [3.63, 3.8) is 0 Å². The van der Waals surface area contributed by atoms with E-state index in [1.54, 1.807) is 0 Å². The number of rotatable bonds is 8. The first kappa shape index (κ1) is 22.7. The molecule has 3 aromatic carbocycles. The Balaban J connectivity index is 1.41. The van der Waals surface area contributed by atoms with Gasteiger partial charge in [-0.2, -0.15) is 0 Å². The number of para-hydroxylation sites is 2. The number of hydrogen-bond acceptors (Lipinski definition) is 4. The molecule has 176 valence electrons. The molecule has 3 unspecified atom stereocenters. The van der Waals surface area contributed by atoms with Gasteiger partial charge >= 0.3 is 0 Å². The molecule has 34 heavy (non-hydrogen) atoms. The average molecular weight is 455 g/mol. The van der Waals surface area contributed by atoms with E-state index in [9.17, 15) is 5.11 Å². The highest BCUT2D eigenvalue weighted by Gasteiger charge is 2.39. The van der Waals surface area contributed by atoms with Crippen LogP contribution in [0.2, 0.25) is 0 Å². The topological polar surface area (TPSA) is 35.9 Å². The van der Waals surface area contributed by atoms with E-state index in [4.69, 9.17) is 4.74 Å². The molecule has 2 aliphatic heterocycles. The zero-order chi connectivity index (χ0) is 23.2. The molecule has 3 atom stereocenters. The maximum Gasteiger partial charge on any atom is 0.143 e. The van der Waals surface area contributed by atoms with E-state index in [2.05, 4.69) is 76.5 Å². The molecule has 3 aromatic rings. The molecular weight excluding hydrogens is 420 g/mol. The summed E-state index contributed by atoms with van der Waals surface area (Å²) in [5.74, 6) is 0.845. The van der Waals surface area contributed by atoms with Crippen LogP contribution in [0.1, 0.15) is 42.9 Å². The molecule has 0 bridgehead atoms. The first-order chi connectivity index (χ1) is 16.8. The predicted molar refractivity (Wildman–Crippen MR) is 139 cm³/mol. The van der Waals surface area contributed by atoms with Crippen LogP contribution in [-0.4, -0.2) is 42.0 Å². The van der Waals surface area contributed by atoms with Crippen molar-refractivity contribution >= 4 is 11.8 Å². The number of hydrogen-bond donors (Lipinski definition) is 1. The van der Waals surface area contributed by atoms with Crippen LogP contribution in [0.3, 0.4) is 0 Å². The van der Waals surface area contributed by atoms with Crippen LogP contribution in [0.15, 0.2) is 91.0 Å². The van der Waals surface area contributed by atoms with Gasteiger partial charge in [0.05, 0.1) is 17.8 Å². The lowest BCUT2D eigenvalue weighted by Crippen LogP contribution is -2.54. The van der Waals surface area contributed by atoms with Gasteiger partial charge in [0.2, 0.25) is 0 Å². The summed E-state index contributed by atoms with van der Waals surface area (Å²) >= 11 is 0. The van der Waals surface area contributed by atoms with Gasteiger partial charge in [0, 0.05) is 0 Å². The smallest absolute Gasteiger partial charge is 0.143 e. The third-order valence-electron chi connectivity index (χ3n) is 7.04. The van der Waals surface area contributed by atoms with Crippen LogP contribution in [0.4, 0.5) is 5.69 Å². The SMILES string of the molecule is OC(C(CCC=Cc1ccccc1)N1CCCC1)N1c2ccccc2OCC1c1ccccc1. The Morgan fingerprint density at radius 2 is 1.56 bits per heavy atom. The maximum atomic E-state index is 12.0. The molecule has 2 aliphatic rings. The van der Waals surface area contributed by atoms with Gasteiger partial charge in [-0.3, -0.25) is 4.90 Å². The number of ether oxygens (including phenoxy) is 1. The molecule has 0 amide bonds. The standard InChI is InChI=1S/C30H34N2O2/c33-30(27(31-21-11-12-22-31)19-8-7-15-24-13-3-1-4-14-24)32-26-18-9-10-20-29(26)34-23-28(32)25-16-5-2-6-17-25/h1-7,9-10,13-18,20,27-28,30,33H,8,11-12,19,21-23H2. The molecule has 0 saturated carbocycles. The highest BCUT2D eigenvalue weighted by atomic mass is 16.5. The lowest BCUT2D eigenvalue weighted by atomic mass is 9.99. The predicted octanol–water partition coefficient (Wildman–Crippen LogP) is 5.90. The molecule has 1 N–H and O–H groups in total. The Kier molecular flexibility index (Phi) is 7.28. The van der Waals surface area contributed by atoms with Crippen molar-refractivity contribution in [2.45, 2.75) is 44.0 Å². The van der Waals surface area contributed by atoms with Gasteiger partial charge in [-0.25, -0.2) is 0 Å². The van der Waals surface area contributed by atoms with E-state index >= 15 is 0 Å². The molecule has 0 aliphatic carbocycles. The lowest BCUT2D eigenvalue weighted by Gasteiger charge is -2.46. The second-order valence-electron chi connectivity index (χ2n) is 9.23. The number of anilines is 1. The van der Waals surface area contributed by atoms with Crippen LogP contribution in [0.5, 0.6) is 5.75 Å². The minimum atomic E-state index is -0.626. The molecule has 1 saturated heterocycles. The zero-order valence-electron chi connectivity index (χ0n) is 19.7. The number of likely N-dealkylation sites (tertiary alicyclic amines) is 1. The minimum absolute atomic E-state index is 0.0314. The number of nitrogens with zero attached hydrogens (tertiary/aromatic N) is 2. The quantitative estimate of drug-likeness (QED) is 0.459. The highest BCUT2D eigenvalue weighted by molar-refractivity contribution is 5.62.